The number of halogens is 2. The number of hydrogen-bond donors (Lipinski definition) is 3. The fourth-order valence-electron chi connectivity index (χ4n) is 3.06. The van der Waals surface area contributed by atoms with Gasteiger partial charge in [-0.05, 0) is 24.6 Å². The Bertz CT molecular complexity index is 1210. The lowest BCUT2D eigenvalue weighted by molar-refractivity contribution is 0.101. The molecule has 9 nitrogen and oxygen atoms in total. The number of aryl methyl sites for hydroxylation is 2. The highest BCUT2D eigenvalue weighted by molar-refractivity contribution is 7.89. The van der Waals surface area contributed by atoms with Crippen LogP contribution in [0.2, 0.25) is 0 Å². The summed E-state index contributed by atoms with van der Waals surface area (Å²) in [4.78, 5) is 12.5. The molecule has 0 unspecified atom stereocenters. The SMILES string of the molecule is Cc1ccc(NC(=O)c2c3c(cn2C)S(=O)(=O)N[C@H]([C@H](O)C=C(F)F)CO3)cc1C#N. The van der Waals surface area contributed by atoms with Crippen molar-refractivity contribution in [1.29, 1.82) is 5.26 Å². The van der Waals surface area contributed by atoms with Gasteiger partial charge in [-0.3, -0.25) is 4.79 Å². The van der Waals surface area contributed by atoms with E-state index in [0.29, 0.717) is 11.3 Å². The van der Waals surface area contributed by atoms with E-state index in [2.05, 4.69) is 10.0 Å². The lowest BCUT2D eigenvalue weighted by Gasteiger charge is -2.18. The summed E-state index contributed by atoms with van der Waals surface area (Å²) in [7, 11) is -2.85. The Labute approximate surface area is 176 Å². The quantitative estimate of drug-likeness (QED) is 0.646. The summed E-state index contributed by atoms with van der Waals surface area (Å²) in [6.07, 6.45) is -2.68. The number of nitrogens with one attached hydrogen (secondary N) is 2. The molecule has 0 radical (unpaired) electrons. The first-order chi connectivity index (χ1) is 14.5. The molecule has 0 saturated heterocycles. The molecule has 0 saturated carbocycles. The van der Waals surface area contributed by atoms with Gasteiger partial charge in [0, 0.05) is 25.0 Å². The second-order valence-corrected chi connectivity index (χ2v) is 8.55. The lowest BCUT2D eigenvalue weighted by Crippen LogP contribution is -2.44. The van der Waals surface area contributed by atoms with Crippen LogP contribution in [0.25, 0.3) is 0 Å². The van der Waals surface area contributed by atoms with Gasteiger partial charge in [0.1, 0.15) is 11.5 Å². The van der Waals surface area contributed by atoms with Gasteiger partial charge in [0.15, 0.2) is 11.4 Å². The number of aliphatic hydroxyl groups excluding tert-OH is 1. The van der Waals surface area contributed by atoms with Gasteiger partial charge in [-0.2, -0.15) is 14.0 Å². The van der Waals surface area contributed by atoms with Crippen LogP contribution < -0.4 is 14.8 Å². The van der Waals surface area contributed by atoms with Crippen LogP contribution in [-0.2, 0) is 17.1 Å². The van der Waals surface area contributed by atoms with Crippen LogP contribution in [0.5, 0.6) is 5.75 Å². The number of fused-ring (bicyclic) bond motifs is 1. The number of carbonyl (C=O) groups is 1. The monoisotopic (exact) mass is 452 g/mol. The molecular formula is C19H18F2N4O5S. The number of nitrogens with zero attached hydrogens (tertiary/aromatic N) is 2. The number of nitriles is 1. The Morgan fingerprint density at radius 1 is 1.48 bits per heavy atom. The van der Waals surface area contributed by atoms with E-state index in [-0.39, 0.29) is 22.4 Å². The van der Waals surface area contributed by atoms with Crippen LogP contribution in [0.1, 0.15) is 21.6 Å². The number of anilines is 1. The van der Waals surface area contributed by atoms with E-state index in [1.54, 1.807) is 19.1 Å². The van der Waals surface area contributed by atoms with E-state index in [1.165, 1.54) is 17.7 Å². The molecule has 31 heavy (non-hydrogen) atoms. The number of rotatable bonds is 4. The van der Waals surface area contributed by atoms with Gasteiger partial charge in [-0.1, -0.05) is 6.07 Å². The van der Waals surface area contributed by atoms with Gasteiger partial charge < -0.3 is 19.7 Å². The molecule has 12 heteroatoms. The van der Waals surface area contributed by atoms with Gasteiger partial charge in [0.05, 0.1) is 23.8 Å². The van der Waals surface area contributed by atoms with Gasteiger partial charge in [-0.25, -0.2) is 13.1 Å². The number of sulfonamides is 1. The van der Waals surface area contributed by atoms with Gasteiger partial charge in [0.2, 0.25) is 10.0 Å². The van der Waals surface area contributed by atoms with E-state index in [4.69, 9.17) is 10.00 Å². The molecule has 3 N–H and O–H groups in total. The Hall–Kier alpha value is -3.27. The minimum absolute atomic E-state index is 0.137. The van der Waals surface area contributed by atoms with E-state index in [1.807, 2.05) is 6.07 Å². The van der Waals surface area contributed by atoms with Crippen molar-refractivity contribution in [2.45, 2.75) is 24.0 Å². The first-order valence-corrected chi connectivity index (χ1v) is 10.4. The summed E-state index contributed by atoms with van der Waals surface area (Å²) in [5.74, 6) is -0.986. The Balaban J connectivity index is 1.95. The van der Waals surface area contributed by atoms with Crippen molar-refractivity contribution in [3.63, 3.8) is 0 Å². The van der Waals surface area contributed by atoms with E-state index >= 15 is 0 Å². The smallest absolute Gasteiger partial charge is 0.276 e. The predicted octanol–water partition coefficient (Wildman–Crippen LogP) is 1.64. The molecule has 2 heterocycles. The van der Waals surface area contributed by atoms with Crippen LogP contribution >= 0.6 is 0 Å². The number of carbonyl (C=O) groups excluding carboxylic acids is 1. The number of aliphatic hydroxyl groups is 1. The van der Waals surface area contributed by atoms with E-state index in [9.17, 15) is 27.1 Å². The van der Waals surface area contributed by atoms with Crippen LogP contribution in [0, 0.1) is 18.3 Å². The average molecular weight is 452 g/mol. The topological polar surface area (TPSA) is 133 Å². The minimum Gasteiger partial charge on any atom is -0.488 e. The fourth-order valence-corrected chi connectivity index (χ4v) is 4.49. The minimum atomic E-state index is -4.29. The van der Waals surface area contributed by atoms with Crippen molar-refractivity contribution >= 4 is 21.6 Å². The summed E-state index contributed by atoms with van der Waals surface area (Å²) in [5.41, 5.74) is 1.25. The number of amides is 1. The molecule has 1 aromatic carbocycles. The molecule has 2 atom stereocenters. The number of ether oxygens (including phenoxy) is 1. The molecule has 164 valence electrons. The van der Waals surface area contributed by atoms with Crippen molar-refractivity contribution in [2.24, 2.45) is 7.05 Å². The van der Waals surface area contributed by atoms with Crippen molar-refractivity contribution in [2.75, 3.05) is 11.9 Å². The Morgan fingerprint density at radius 3 is 2.84 bits per heavy atom. The van der Waals surface area contributed by atoms with Crippen LogP contribution in [-0.4, -0.2) is 42.8 Å². The second-order valence-electron chi connectivity index (χ2n) is 6.86. The first kappa shape index (κ1) is 22.4. The highest BCUT2D eigenvalue weighted by Gasteiger charge is 2.36. The Kier molecular flexibility index (Phi) is 6.12. The summed E-state index contributed by atoms with van der Waals surface area (Å²) in [6.45, 7) is 1.24. The largest absolute Gasteiger partial charge is 0.488 e. The predicted molar refractivity (Wildman–Crippen MR) is 105 cm³/mol. The molecule has 0 fully saturated rings. The molecular weight excluding hydrogens is 434 g/mol. The van der Waals surface area contributed by atoms with E-state index in [0.717, 1.165) is 11.8 Å². The third-order valence-corrected chi connectivity index (χ3v) is 6.13. The van der Waals surface area contributed by atoms with Crippen LogP contribution in [0.15, 0.2) is 41.4 Å². The van der Waals surface area contributed by atoms with E-state index < -0.39 is 40.8 Å². The maximum Gasteiger partial charge on any atom is 0.276 e. The summed E-state index contributed by atoms with van der Waals surface area (Å²) in [6, 6.07) is 5.31. The van der Waals surface area contributed by atoms with Crippen LogP contribution in [0.3, 0.4) is 0 Å². The highest BCUT2D eigenvalue weighted by atomic mass is 32.2. The summed E-state index contributed by atoms with van der Waals surface area (Å²) in [5, 5.41) is 21.6. The molecule has 1 aliphatic rings. The molecule has 1 aliphatic heterocycles. The molecule has 2 aromatic rings. The third-order valence-electron chi connectivity index (χ3n) is 4.65. The van der Waals surface area contributed by atoms with Gasteiger partial charge >= 0.3 is 0 Å². The van der Waals surface area contributed by atoms with Gasteiger partial charge in [-0.15, -0.1) is 0 Å². The maximum atomic E-state index is 12.9. The molecule has 0 aliphatic carbocycles. The standard InChI is InChI=1S/C19H18F2N4O5S/c1-10-3-4-12(5-11(10)7-22)23-19(27)17-18-15(8-25(17)2)31(28,29)24-13(9-30-18)14(26)6-16(20)21/h3-6,8,13-14,24,26H,9H2,1-2H3,(H,23,27)/t13-,14+/m0/s1. The molecule has 1 aromatic heterocycles. The molecule has 1 amide bonds. The second kappa shape index (κ2) is 8.46. The number of benzene rings is 1. The normalized spacial score (nSPS) is 18.0. The van der Waals surface area contributed by atoms with Crippen molar-refractivity contribution in [3.05, 3.63) is 53.4 Å². The fraction of sp³-hybridized carbons (Fsp3) is 0.263. The summed E-state index contributed by atoms with van der Waals surface area (Å²) >= 11 is 0. The van der Waals surface area contributed by atoms with Crippen molar-refractivity contribution in [1.82, 2.24) is 9.29 Å². The van der Waals surface area contributed by atoms with Crippen LogP contribution in [0.4, 0.5) is 14.5 Å². The van der Waals surface area contributed by atoms with Crippen molar-refractivity contribution in [3.8, 4) is 11.8 Å². The maximum absolute atomic E-state index is 12.9. The lowest BCUT2D eigenvalue weighted by atomic mass is 10.1. The first-order valence-electron chi connectivity index (χ1n) is 8.91. The number of hydrogen-bond acceptors (Lipinski definition) is 6. The highest BCUT2D eigenvalue weighted by Crippen LogP contribution is 2.33. The molecule has 0 bridgehead atoms. The number of aromatic nitrogens is 1. The van der Waals surface area contributed by atoms with Crippen molar-refractivity contribution < 1.29 is 31.8 Å². The third kappa shape index (κ3) is 4.58. The average Bonchev–Trinajstić information content (AvgIpc) is 2.96. The zero-order valence-corrected chi connectivity index (χ0v) is 17.2. The zero-order valence-electron chi connectivity index (χ0n) is 16.4. The Morgan fingerprint density at radius 2 is 2.19 bits per heavy atom. The zero-order chi connectivity index (χ0) is 22.9. The summed E-state index contributed by atoms with van der Waals surface area (Å²) < 4.78 is 59.1. The molecule has 3 rings (SSSR count). The molecule has 0 spiro atoms. The van der Waals surface area contributed by atoms with Gasteiger partial charge in [0.25, 0.3) is 12.0 Å².